The lowest BCUT2D eigenvalue weighted by atomic mass is 9.96. The molecule has 2 N–H and O–H groups in total. The number of fused-ring (bicyclic) bond motifs is 1. The minimum atomic E-state index is -0.108. The van der Waals surface area contributed by atoms with Gasteiger partial charge < -0.3 is 15.2 Å². The van der Waals surface area contributed by atoms with Gasteiger partial charge in [-0.05, 0) is 47.0 Å². The standard InChI is InChI=1S/C16H17BrN4O2/c1-2-14(22)21-7-4-10(5-8-21)16(23)20-13-9-12(17)11-3-6-18-15(11)19-13/h2-3,6,9-10H,1,4-5,7-8H2,(H2,18,19,20,23). The molecule has 0 aromatic carbocycles. The van der Waals surface area contributed by atoms with E-state index in [1.807, 2.05) is 6.07 Å². The third-order valence-electron chi connectivity index (χ3n) is 4.08. The second-order valence-electron chi connectivity index (χ2n) is 5.52. The molecule has 3 rings (SSSR count). The zero-order chi connectivity index (χ0) is 16.4. The molecule has 7 heteroatoms. The number of H-pyrrole nitrogens is 1. The summed E-state index contributed by atoms with van der Waals surface area (Å²) < 4.78 is 0.880. The maximum atomic E-state index is 12.4. The van der Waals surface area contributed by atoms with E-state index in [0.717, 1.165) is 15.5 Å². The van der Waals surface area contributed by atoms with Crippen molar-refractivity contribution < 1.29 is 9.59 Å². The molecule has 0 unspecified atom stereocenters. The van der Waals surface area contributed by atoms with Crippen LogP contribution < -0.4 is 5.32 Å². The first-order valence-electron chi connectivity index (χ1n) is 7.44. The Morgan fingerprint density at radius 2 is 2.17 bits per heavy atom. The first kappa shape index (κ1) is 15.7. The fraction of sp³-hybridized carbons (Fsp3) is 0.312. The Kier molecular flexibility index (Phi) is 4.47. The number of nitrogens with zero attached hydrogens (tertiary/aromatic N) is 2. The number of halogens is 1. The van der Waals surface area contributed by atoms with Gasteiger partial charge in [0.2, 0.25) is 11.8 Å². The molecule has 0 spiro atoms. The van der Waals surface area contributed by atoms with Crippen molar-refractivity contribution in [2.75, 3.05) is 18.4 Å². The Bertz CT molecular complexity index is 763. The Hall–Kier alpha value is -2.15. The van der Waals surface area contributed by atoms with Gasteiger partial charge in [-0.15, -0.1) is 0 Å². The number of nitrogens with one attached hydrogen (secondary N) is 2. The summed E-state index contributed by atoms with van der Waals surface area (Å²) in [5, 5.41) is 3.84. The van der Waals surface area contributed by atoms with Crippen molar-refractivity contribution in [3.63, 3.8) is 0 Å². The normalized spacial score (nSPS) is 15.6. The number of carbonyl (C=O) groups is 2. The minimum absolute atomic E-state index is 0.0546. The molecule has 0 saturated carbocycles. The molecular formula is C16H17BrN4O2. The van der Waals surface area contributed by atoms with E-state index in [0.29, 0.717) is 31.7 Å². The Balaban J connectivity index is 1.65. The van der Waals surface area contributed by atoms with Gasteiger partial charge in [-0.3, -0.25) is 9.59 Å². The highest BCUT2D eigenvalue weighted by atomic mass is 79.9. The molecule has 2 aromatic heterocycles. The van der Waals surface area contributed by atoms with Gasteiger partial charge in [0.25, 0.3) is 0 Å². The van der Waals surface area contributed by atoms with E-state index in [2.05, 4.69) is 37.8 Å². The number of aromatic nitrogens is 2. The van der Waals surface area contributed by atoms with Crippen molar-refractivity contribution in [3.8, 4) is 0 Å². The molecule has 1 fully saturated rings. The van der Waals surface area contributed by atoms with Crippen LogP contribution in [0.4, 0.5) is 5.82 Å². The van der Waals surface area contributed by atoms with E-state index in [-0.39, 0.29) is 17.7 Å². The number of likely N-dealkylation sites (tertiary alicyclic amines) is 1. The van der Waals surface area contributed by atoms with E-state index in [4.69, 9.17) is 0 Å². The molecule has 6 nitrogen and oxygen atoms in total. The number of hydrogen-bond acceptors (Lipinski definition) is 3. The second kappa shape index (κ2) is 6.54. The molecule has 0 bridgehead atoms. The number of rotatable bonds is 3. The smallest absolute Gasteiger partial charge is 0.245 e. The van der Waals surface area contributed by atoms with Crippen molar-refractivity contribution in [1.29, 1.82) is 0 Å². The highest BCUT2D eigenvalue weighted by Gasteiger charge is 2.26. The number of anilines is 1. The fourth-order valence-corrected chi connectivity index (χ4v) is 3.32. The van der Waals surface area contributed by atoms with Gasteiger partial charge >= 0.3 is 0 Å². The van der Waals surface area contributed by atoms with Crippen molar-refractivity contribution in [1.82, 2.24) is 14.9 Å². The van der Waals surface area contributed by atoms with Crippen molar-refractivity contribution >= 4 is 44.6 Å². The zero-order valence-corrected chi connectivity index (χ0v) is 14.1. The van der Waals surface area contributed by atoms with Gasteiger partial charge in [0.1, 0.15) is 11.5 Å². The van der Waals surface area contributed by atoms with Crippen LogP contribution in [0.3, 0.4) is 0 Å². The van der Waals surface area contributed by atoms with E-state index < -0.39 is 0 Å². The molecule has 3 heterocycles. The van der Waals surface area contributed by atoms with Crippen molar-refractivity contribution in [3.05, 3.63) is 35.5 Å². The van der Waals surface area contributed by atoms with Crippen LogP contribution in [0.2, 0.25) is 0 Å². The Labute approximate surface area is 142 Å². The quantitative estimate of drug-likeness (QED) is 0.808. The van der Waals surface area contributed by atoms with Crippen LogP contribution in [0, 0.1) is 5.92 Å². The molecule has 1 aliphatic heterocycles. The topological polar surface area (TPSA) is 78.1 Å². The summed E-state index contributed by atoms with van der Waals surface area (Å²) in [7, 11) is 0. The Morgan fingerprint density at radius 1 is 1.43 bits per heavy atom. The summed E-state index contributed by atoms with van der Waals surface area (Å²) in [4.78, 5) is 33.1. The number of amides is 2. The first-order valence-corrected chi connectivity index (χ1v) is 8.23. The number of hydrogen-bond donors (Lipinski definition) is 2. The van der Waals surface area contributed by atoms with Crippen LogP contribution >= 0.6 is 15.9 Å². The second-order valence-corrected chi connectivity index (χ2v) is 6.38. The largest absolute Gasteiger partial charge is 0.346 e. The summed E-state index contributed by atoms with van der Waals surface area (Å²) >= 11 is 3.48. The van der Waals surface area contributed by atoms with Crippen molar-refractivity contribution in [2.24, 2.45) is 5.92 Å². The van der Waals surface area contributed by atoms with E-state index >= 15 is 0 Å². The predicted molar refractivity (Wildman–Crippen MR) is 91.9 cm³/mol. The molecule has 23 heavy (non-hydrogen) atoms. The van der Waals surface area contributed by atoms with E-state index in [1.165, 1.54) is 6.08 Å². The summed E-state index contributed by atoms with van der Waals surface area (Å²) in [6, 6.07) is 3.72. The summed E-state index contributed by atoms with van der Waals surface area (Å²) in [5.74, 6) is 0.276. The molecule has 2 aromatic rings. The third kappa shape index (κ3) is 3.29. The number of pyridine rings is 1. The molecule has 120 valence electrons. The third-order valence-corrected chi connectivity index (χ3v) is 4.74. The fourth-order valence-electron chi connectivity index (χ4n) is 2.78. The van der Waals surface area contributed by atoms with Crippen LogP contribution in [0.25, 0.3) is 11.0 Å². The lowest BCUT2D eigenvalue weighted by Crippen LogP contribution is -2.40. The van der Waals surface area contributed by atoms with Crippen molar-refractivity contribution in [2.45, 2.75) is 12.8 Å². The number of piperidine rings is 1. The number of aromatic amines is 1. The van der Waals surface area contributed by atoms with Crippen LogP contribution in [0.1, 0.15) is 12.8 Å². The molecule has 1 saturated heterocycles. The molecule has 0 radical (unpaired) electrons. The molecule has 0 aliphatic carbocycles. The monoisotopic (exact) mass is 376 g/mol. The molecule has 0 atom stereocenters. The SMILES string of the molecule is C=CC(=O)N1CCC(C(=O)Nc2cc(Br)c3cc[nH]c3n2)CC1. The highest BCUT2D eigenvalue weighted by Crippen LogP contribution is 2.26. The zero-order valence-electron chi connectivity index (χ0n) is 12.5. The van der Waals surface area contributed by atoms with Gasteiger partial charge in [-0.2, -0.15) is 0 Å². The van der Waals surface area contributed by atoms with Gasteiger partial charge in [-0.1, -0.05) is 6.58 Å². The van der Waals surface area contributed by atoms with Gasteiger partial charge in [0, 0.05) is 35.1 Å². The predicted octanol–water partition coefficient (Wildman–Crippen LogP) is 2.69. The van der Waals surface area contributed by atoms with E-state index in [1.54, 1.807) is 17.2 Å². The van der Waals surface area contributed by atoms with Gasteiger partial charge in [0.15, 0.2) is 0 Å². The summed E-state index contributed by atoms with van der Waals surface area (Å²) in [6.45, 7) is 4.65. The average molecular weight is 377 g/mol. The molecule has 1 aliphatic rings. The first-order chi connectivity index (χ1) is 11.1. The number of carbonyl (C=O) groups excluding carboxylic acids is 2. The van der Waals surface area contributed by atoms with Crippen LogP contribution in [0.15, 0.2) is 35.5 Å². The van der Waals surface area contributed by atoms with Gasteiger partial charge in [-0.25, -0.2) is 4.98 Å². The van der Waals surface area contributed by atoms with Crippen LogP contribution in [-0.2, 0) is 9.59 Å². The molecular weight excluding hydrogens is 360 g/mol. The molecule has 2 amide bonds. The minimum Gasteiger partial charge on any atom is -0.346 e. The highest BCUT2D eigenvalue weighted by molar-refractivity contribution is 9.10. The maximum Gasteiger partial charge on any atom is 0.245 e. The van der Waals surface area contributed by atoms with Gasteiger partial charge in [0.05, 0.1) is 0 Å². The van der Waals surface area contributed by atoms with Crippen LogP contribution in [0.5, 0.6) is 0 Å². The summed E-state index contributed by atoms with van der Waals surface area (Å²) in [6.07, 6.45) is 4.42. The summed E-state index contributed by atoms with van der Waals surface area (Å²) in [5.41, 5.74) is 0.723. The van der Waals surface area contributed by atoms with E-state index in [9.17, 15) is 9.59 Å². The van der Waals surface area contributed by atoms with Crippen LogP contribution in [-0.4, -0.2) is 39.8 Å². The lowest BCUT2D eigenvalue weighted by molar-refractivity contribution is -0.130. The lowest BCUT2D eigenvalue weighted by Gasteiger charge is -2.30. The Morgan fingerprint density at radius 3 is 2.87 bits per heavy atom. The average Bonchev–Trinajstić information content (AvgIpc) is 3.03. The maximum absolute atomic E-state index is 12.4.